The van der Waals surface area contributed by atoms with E-state index in [0.29, 0.717) is 23.5 Å². The highest BCUT2D eigenvalue weighted by molar-refractivity contribution is 5.89. The van der Waals surface area contributed by atoms with Gasteiger partial charge in [0.15, 0.2) is 0 Å². The summed E-state index contributed by atoms with van der Waals surface area (Å²) in [6.07, 6.45) is 3.89. The first-order valence-corrected chi connectivity index (χ1v) is 6.27. The normalized spacial score (nSPS) is 12.6. The van der Waals surface area contributed by atoms with Gasteiger partial charge in [-0.3, -0.25) is 9.97 Å². The minimum absolute atomic E-state index is 0.301. The number of nitrogens with zero attached hydrogens (tertiary/aromatic N) is 2. The van der Waals surface area contributed by atoms with E-state index in [0.717, 1.165) is 5.52 Å². The molecule has 0 amide bonds. The zero-order chi connectivity index (χ0) is 13.8. The topological polar surface area (TPSA) is 75.1 Å². The average molecular weight is 259 g/mol. The maximum atomic E-state index is 11.3. The zero-order valence-corrected chi connectivity index (χ0v) is 11.0. The molecule has 0 aromatic carbocycles. The first-order valence-electron chi connectivity index (χ1n) is 6.27. The van der Waals surface area contributed by atoms with E-state index in [1.54, 1.807) is 18.5 Å². The Bertz CT molecular complexity index is 578. The zero-order valence-electron chi connectivity index (χ0n) is 11.0. The first kappa shape index (κ1) is 13.3. The fourth-order valence-corrected chi connectivity index (χ4v) is 1.98. The molecular formula is C14H17N3O2. The van der Waals surface area contributed by atoms with Crippen LogP contribution in [0.3, 0.4) is 0 Å². The maximum Gasteiger partial charge on any atom is 0.326 e. The van der Waals surface area contributed by atoms with Gasteiger partial charge in [0.1, 0.15) is 11.6 Å². The van der Waals surface area contributed by atoms with Gasteiger partial charge in [0.2, 0.25) is 0 Å². The fourth-order valence-electron chi connectivity index (χ4n) is 1.98. The summed E-state index contributed by atoms with van der Waals surface area (Å²) in [6, 6.07) is 4.80. The van der Waals surface area contributed by atoms with Crippen molar-refractivity contribution in [3.8, 4) is 0 Å². The van der Waals surface area contributed by atoms with Crippen LogP contribution >= 0.6 is 0 Å². The molecule has 2 heterocycles. The van der Waals surface area contributed by atoms with Gasteiger partial charge in [-0.05, 0) is 30.5 Å². The van der Waals surface area contributed by atoms with E-state index in [2.05, 4.69) is 15.3 Å². The minimum Gasteiger partial charge on any atom is -0.480 e. The second-order valence-electron chi connectivity index (χ2n) is 4.89. The molecule has 5 heteroatoms. The standard InChI is InChI=1S/C14H17N3O2/c1-9(2)8-12(14(18)19)17-11-5-7-15-10-4-3-6-16-13(10)11/h3-7,9,12H,8H2,1-2H3,(H,15,17)(H,18,19). The summed E-state index contributed by atoms with van der Waals surface area (Å²) < 4.78 is 0. The Labute approximate surface area is 111 Å². The molecule has 0 bridgehead atoms. The summed E-state index contributed by atoms with van der Waals surface area (Å²) in [4.78, 5) is 19.7. The number of carbonyl (C=O) groups is 1. The van der Waals surface area contributed by atoms with E-state index in [1.807, 2.05) is 26.0 Å². The van der Waals surface area contributed by atoms with Gasteiger partial charge < -0.3 is 10.4 Å². The van der Waals surface area contributed by atoms with Crippen LogP contribution < -0.4 is 5.32 Å². The van der Waals surface area contributed by atoms with Crippen molar-refractivity contribution in [3.05, 3.63) is 30.6 Å². The molecule has 2 aromatic heterocycles. The molecule has 1 atom stereocenters. The lowest BCUT2D eigenvalue weighted by molar-refractivity contribution is -0.138. The van der Waals surface area contributed by atoms with Crippen LogP contribution in [-0.2, 0) is 4.79 Å². The van der Waals surface area contributed by atoms with Crippen molar-refractivity contribution in [3.63, 3.8) is 0 Å². The SMILES string of the molecule is CC(C)CC(Nc1ccnc2cccnc12)C(=O)O. The van der Waals surface area contributed by atoms with E-state index in [1.165, 1.54) is 0 Å². The van der Waals surface area contributed by atoms with Crippen LogP contribution in [-0.4, -0.2) is 27.1 Å². The predicted molar refractivity (Wildman–Crippen MR) is 74.0 cm³/mol. The lowest BCUT2D eigenvalue weighted by atomic mass is 10.0. The Balaban J connectivity index is 2.31. The molecule has 0 radical (unpaired) electrons. The summed E-state index contributed by atoms with van der Waals surface area (Å²) in [5.74, 6) is -0.552. The lowest BCUT2D eigenvalue weighted by Gasteiger charge is -2.18. The molecule has 1 unspecified atom stereocenters. The van der Waals surface area contributed by atoms with Crippen molar-refractivity contribution in [1.29, 1.82) is 0 Å². The third kappa shape index (κ3) is 3.19. The predicted octanol–water partition coefficient (Wildman–Crippen LogP) is 2.54. The van der Waals surface area contributed by atoms with E-state index in [-0.39, 0.29) is 0 Å². The monoisotopic (exact) mass is 259 g/mol. The van der Waals surface area contributed by atoms with Gasteiger partial charge in [0.05, 0.1) is 11.2 Å². The Hall–Kier alpha value is -2.17. The Morgan fingerprint density at radius 1 is 1.32 bits per heavy atom. The molecule has 0 saturated carbocycles. The number of rotatable bonds is 5. The number of carboxylic acid groups (broad SMARTS) is 1. The van der Waals surface area contributed by atoms with Gasteiger partial charge in [-0.2, -0.15) is 0 Å². The Morgan fingerprint density at radius 3 is 2.79 bits per heavy atom. The molecule has 0 aliphatic carbocycles. The van der Waals surface area contributed by atoms with E-state index < -0.39 is 12.0 Å². The number of hydrogen-bond donors (Lipinski definition) is 2. The van der Waals surface area contributed by atoms with Gasteiger partial charge in [-0.25, -0.2) is 4.79 Å². The summed E-state index contributed by atoms with van der Waals surface area (Å²) in [5, 5.41) is 12.3. The molecule has 0 aliphatic rings. The number of anilines is 1. The average Bonchev–Trinajstić information content (AvgIpc) is 2.37. The molecule has 0 aliphatic heterocycles. The number of pyridine rings is 2. The number of nitrogens with one attached hydrogen (secondary N) is 1. The summed E-state index contributed by atoms with van der Waals surface area (Å²) >= 11 is 0. The molecule has 0 fully saturated rings. The molecule has 0 saturated heterocycles. The van der Waals surface area contributed by atoms with Crippen LogP contribution in [0.1, 0.15) is 20.3 Å². The van der Waals surface area contributed by atoms with Crippen molar-refractivity contribution in [2.75, 3.05) is 5.32 Å². The number of aromatic nitrogens is 2. The van der Waals surface area contributed by atoms with E-state index >= 15 is 0 Å². The maximum absolute atomic E-state index is 11.3. The van der Waals surface area contributed by atoms with E-state index in [4.69, 9.17) is 0 Å². The highest BCUT2D eigenvalue weighted by Crippen LogP contribution is 2.21. The second-order valence-corrected chi connectivity index (χ2v) is 4.89. The fraction of sp³-hybridized carbons (Fsp3) is 0.357. The molecule has 2 aromatic rings. The molecule has 100 valence electrons. The number of aliphatic carboxylic acids is 1. The van der Waals surface area contributed by atoms with Crippen molar-refractivity contribution < 1.29 is 9.90 Å². The van der Waals surface area contributed by atoms with Crippen LogP contribution in [0.4, 0.5) is 5.69 Å². The summed E-state index contributed by atoms with van der Waals surface area (Å²) in [7, 11) is 0. The molecule has 5 nitrogen and oxygen atoms in total. The molecule has 2 rings (SSSR count). The third-order valence-corrected chi connectivity index (χ3v) is 2.83. The van der Waals surface area contributed by atoms with Gasteiger partial charge in [0, 0.05) is 12.4 Å². The number of fused-ring (bicyclic) bond motifs is 1. The molecule has 2 N–H and O–H groups in total. The van der Waals surface area contributed by atoms with Crippen molar-refractivity contribution in [2.24, 2.45) is 5.92 Å². The van der Waals surface area contributed by atoms with Crippen LogP contribution in [0, 0.1) is 5.92 Å². The third-order valence-electron chi connectivity index (χ3n) is 2.83. The first-order chi connectivity index (χ1) is 9.08. The summed E-state index contributed by atoms with van der Waals surface area (Å²) in [6.45, 7) is 4.00. The van der Waals surface area contributed by atoms with Crippen molar-refractivity contribution in [2.45, 2.75) is 26.3 Å². The lowest BCUT2D eigenvalue weighted by Crippen LogP contribution is -2.30. The van der Waals surface area contributed by atoms with Gasteiger partial charge in [-0.15, -0.1) is 0 Å². The molecule has 0 spiro atoms. The van der Waals surface area contributed by atoms with Crippen molar-refractivity contribution >= 4 is 22.7 Å². The van der Waals surface area contributed by atoms with Crippen LogP contribution in [0.25, 0.3) is 11.0 Å². The second kappa shape index (κ2) is 5.65. The van der Waals surface area contributed by atoms with Crippen molar-refractivity contribution in [1.82, 2.24) is 9.97 Å². The molecule has 19 heavy (non-hydrogen) atoms. The Morgan fingerprint density at radius 2 is 2.11 bits per heavy atom. The quantitative estimate of drug-likeness (QED) is 0.863. The van der Waals surface area contributed by atoms with Crippen LogP contribution in [0.15, 0.2) is 30.6 Å². The van der Waals surface area contributed by atoms with Gasteiger partial charge in [-0.1, -0.05) is 13.8 Å². The number of carboxylic acids is 1. The highest BCUT2D eigenvalue weighted by Gasteiger charge is 2.19. The number of hydrogen-bond acceptors (Lipinski definition) is 4. The Kier molecular flexibility index (Phi) is 3.94. The highest BCUT2D eigenvalue weighted by atomic mass is 16.4. The smallest absolute Gasteiger partial charge is 0.326 e. The van der Waals surface area contributed by atoms with Crippen LogP contribution in [0.2, 0.25) is 0 Å². The van der Waals surface area contributed by atoms with Gasteiger partial charge >= 0.3 is 5.97 Å². The van der Waals surface area contributed by atoms with Gasteiger partial charge in [0.25, 0.3) is 0 Å². The molecular weight excluding hydrogens is 242 g/mol. The van der Waals surface area contributed by atoms with Crippen LogP contribution in [0.5, 0.6) is 0 Å². The summed E-state index contributed by atoms with van der Waals surface area (Å²) in [5.41, 5.74) is 2.15. The van der Waals surface area contributed by atoms with E-state index in [9.17, 15) is 9.90 Å². The largest absolute Gasteiger partial charge is 0.480 e. The minimum atomic E-state index is -0.852.